The molecule has 7 heteroatoms. The van der Waals surface area contributed by atoms with E-state index in [1.807, 2.05) is 24.3 Å². The summed E-state index contributed by atoms with van der Waals surface area (Å²) in [4.78, 5) is 29.9. The molecule has 2 amide bonds. The quantitative estimate of drug-likeness (QED) is 0.641. The Morgan fingerprint density at radius 3 is 2.78 bits per heavy atom. The number of fused-ring (bicyclic) bond motifs is 1. The zero-order chi connectivity index (χ0) is 16.7. The molecule has 1 aliphatic heterocycles. The van der Waals surface area contributed by atoms with Crippen LogP contribution in [0.15, 0.2) is 29.3 Å². The Labute approximate surface area is 140 Å². The van der Waals surface area contributed by atoms with Gasteiger partial charge in [0.25, 0.3) is 0 Å². The summed E-state index contributed by atoms with van der Waals surface area (Å²) >= 11 is 1.13. The number of aliphatic imine (C=N–C) groups is 1. The lowest BCUT2D eigenvalue weighted by Gasteiger charge is -2.24. The molecular formula is C16H21N3O3S. The van der Waals surface area contributed by atoms with Gasteiger partial charge in [-0.05, 0) is 18.6 Å². The van der Waals surface area contributed by atoms with Crippen molar-refractivity contribution in [2.75, 3.05) is 11.8 Å². The van der Waals surface area contributed by atoms with Gasteiger partial charge in [-0.1, -0.05) is 38.3 Å². The molecule has 6 nitrogen and oxygen atoms in total. The van der Waals surface area contributed by atoms with Crippen LogP contribution in [0.4, 0.5) is 16.2 Å². The largest absolute Gasteiger partial charge is 0.452 e. The number of imide groups is 1. The number of ether oxygens (including phenoxy) is 1. The van der Waals surface area contributed by atoms with Crippen LogP contribution in [0, 0.1) is 0 Å². The van der Waals surface area contributed by atoms with Crippen LogP contribution in [-0.2, 0) is 9.53 Å². The number of methoxy groups -OCH3 is 1. The second-order valence-corrected chi connectivity index (χ2v) is 5.90. The molecule has 0 saturated carbocycles. The molecule has 1 aliphatic rings. The third-order valence-corrected chi connectivity index (χ3v) is 4.19. The lowest BCUT2D eigenvalue weighted by molar-refractivity contribution is -0.126. The Balaban J connectivity index is 2.14. The Kier molecular flexibility index (Phi) is 6.46. The van der Waals surface area contributed by atoms with Crippen LogP contribution in [0.1, 0.15) is 39.0 Å². The summed E-state index contributed by atoms with van der Waals surface area (Å²) in [5, 5.41) is 0.288. The van der Waals surface area contributed by atoms with E-state index in [-0.39, 0.29) is 11.1 Å². The van der Waals surface area contributed by atoms with Crippen molar-refractivity contribution in [1.82, 2.24) is 4.90 Å². The van der Waals surface area contributed by atoms with Crippen LogP contribution in [0.25, 0.3) is 0 Å². The lowest BCUT2D eigenvalue weighted by Crippen LogP contribution is -2.41. The topological polar surface area (TPSA) is 71.0 Å². The molecule has 0 spiro atoms. The summed E-state index contributed by atoms with van der Waals surface area (Å²) in [5.74, 6) is -0.291. The van der Waals surface area contributed by atoms with Crippen molar-refractivity contribution in [2.24, 2.45) is 4.99 Å². The van der Waals surface area contributed by atoms with E-state index in [0.717, 1.165) is 48.2 Å². The molecule has 0 atom stereocenters. The van der Waals surface area contributed by atoms with E-state index < -0.39 is 6.09 Å². The van der Waals surface area contributed by atoms with Crippen LogP contribution in [0.2, 0.25) is 0 Å². The standard InChI is InChI=1S/C16H21N3O3S/c1-3-4-5-6-11-14(20)19(16(21)22-2)15-17-12-9-7-8-10-13(12)18-23-15/h7-10,18H,3-6,11H2,1-2H3. The van der Waals surface area contributed by atoms with Crippen LogP contribution in [0.5, 0.6) is 0 Å². The minimum absolute atomic E-state index is 0.288. The highest BCUT2D eigenvalue weighted by atomic mass is 32.2. The van der Waals surface area contributed by atoms with E-state index in [1.165, 1.54) is 7.11 Å². The van der Waals surface area contributed by atoms with Gasteiger partial charge < -0.3 is 9.46 Å². The molecule has 124 valence electrons. The van der Waals surface area contributed by atoms with Crippen molar-refractivity contribution < 1.29 is 14.3 Å². The van der Waals surface area contributed by atoms with Crippen molar-refractivity contribution in [1.29, 1.82) is 0 Å². The Hall–Kier alpha value is -2.02. The summed E-state index contributed by atoms with van der Waals surface area (Å²) in [7, 11) is 1.26. The number of hydrogen-bond acceptors (Lipinski definition) is 6. The third-order valence-electron chi connectivity index (χ3n) is 3.41. The predicted octanol–water partition coefficient (Wildman–Crippen LogP) is 4.31. The van der Waals surface area contributed by atoms with Gasteiger partial charge in [0.2, 0.25) is 11.1 Å². The van der Waals surface area contributed by atoms with E-state index in [0.29, 0.717) is 12.1 Å². The molecule has 1 aromatic rings. The highest BCUT2D eigenvalue weighted by molar-refractivity contribution is 8.15. The lowest BCUT2D eigenvalue weighted by atomic mass is 10.1. The fourth-order valence-corrected chi connectivity index (χ4v) is 2.96. The number of rotatable bonds is 5. The van der Waals surface area contributed by atoms with Gasteiger partial charge in [-0.25, -0.2) is 9.79 Å². The average molecular weight is 335 g/mol. The van der Waals surface area contributed by atoms with Crippen LogP contribution >= 0.6 is 11.9 Å². The number of para-hydroxylation sites is 2. The number of nitrogens with one attached hydrogen (secondary N) is 1. The van der Waals surface area contributed by atoms with E-state index in [1.54, 1.807) is 0 Å². The summed E-state index contributed by atoms with van der Waals surface area (Å²) in [6.07, 6.45) is 3.49. The average Bonchev–Trinajstić information content (AvgIpc) is 2.58. The molecule has 0 radical (unpaired) electrons. The van der Waals surface area contributed by atoms with Crippen molar-refractivity contribution in [3.8, 4) is 0 Å². The van der Waals surface area contributed by atoms with Gasteiger partial charge in [0.05, 0.1) is 18.5 Å². The van der Waals surface area contributed by atoms with Gasteiger partial charge in [0.15, 0.2) is 0 Å². The third kappa shape index (κ3) is 4.48. The zero-order valence-electron chi connectivity index (χ0n) is 13.4. The molecule has 23 heavy (non-hydrogen) atoms. The number of amides is 2. The Morgan fingerprint density at radius 1 is 1.26 bits per heavy atom. The summed E-state index contributed by atoms with van der Waals surface area (Å²) in [5.41, 5.74) is 1.54. The number of hydrogen-bond donors (Lipinski definition) is 1. The number of nitrogens with zero attached hydrogens (tertiary/aromatic N) is 2. The number of anilines is 1. The normalized spacial score (nSPS) is 12.7. The molecular weight excluding hydrogens is 314 g/mol. The smallest absolute Gasteiger partial charge is 0.422 e. The number of carbonyl (C=O) groups is 2. The number of unbranched alkanes of at least 4 members (excludes halogenated alkanes) is 3. The molecule has 0 bridgehead atoms. The number of amidine groups is 1. The SMILES string of the molecule is CCCCCCC(=O)N(C(=O)OC)C1=Nc2ccccc2NS1. The second kappa shape index (κ2) is 8.57. The summed E-state index contributed by atoms with van der Waals surface area (Å²) < 4.78 is 7.83. The first-order valence-corrected chi connectivity index (χ1v) is 8.50. The molecule has 0 fully saturated rings. The molecule has 0 aliphatic carbocycles. The van der Waals surface area contributed by atoms with Gasteiger partial charge >= 0.3 is 6.09 Å². The molecule has 0 unspecified atom stereocenters. The van der Waals surface area contributed by atoms with Gasteiger partial charge in [0, 0.05) is 18.4 Å². The highest BCUT2D eigenvalue weighted by Crippen LogP contribution is 2.33. The summed E-state index contributed by atoms with van der Waals surface area (Å²) in [6, 6.07) is 7.46. The first-order valence-electron chi connectivity index (χ1n) is 7.68. The predicted molar refractivity (Wildman–Crippen MR) is 92.8 cm³/mol. The maximum Gasteiger partial charge on any atom is 0.422 e. The van der Waals surface area contributed by atoms with Crippen molar-refractivity contribution in [2.45, 2.75) is 39.0 Å². The van der Waals surface area contributed by atoms with E-state index in [2.05, 4.69) is 16.6 Å². The Bertz CT molecular complexity index is 604. The van der Waals surface area contributed by atoms with Gasteiger partial charge in [-0.3, -0.25) is 4.79 Å². The van der Waals surface area contributed by atoms with Crippen LogP contribution in [-0.4, -0.2) is 29.2 Å². The summed E-state index contributed by atoms with van der Waals surface area (Å²) in [6.45, 7) is 2.11. The molecule has 2 rings (SSSR count). The van der Waals surface area contributed by atoms with E-state index in [4.69, 9.17) is 4.74 Å². The molecule has 0 saturated heterocycles. The van der Waals surface area contributed by atoms with Crippen LogP contribution in [0.3, 0.4) is 0 Å². The first kappa shape index (κ1) is 17.3. The monoisotopic (exact) mass is 335 g/mol. The minimum atomic E-state index is -0.710. The zero-order valence-corrected chi connectivity index (χ0v) is 14.2. The second-order valence-electron chi connectivity index (χ2n) is 5.13. The first-order chi connectivity index (χ1) is 11.2. The molecule has 1 heterocycles. The number of carbonyl (C=O) groups excluding carboxylic acids is 2. The maximum absolute atomic E-state index is 12.4. The molecule has 1 aromatic carbocycles. The number of benzene rings is 1. The van der Waals surface area contributed by atoms with Crippen molar-refractivity contribution in [3.63, 3.8) is 0 Å². The molecule has 1 N–H and O–H groups in total. The molecule has 0 aromatic heterocycles. The van der Waals surface area contributed by atoms with Gasteiger partial charge in [0.1, 0.15) is 0 Å². The van der Waals surface area contributed by atoms with Crippen molar-refractivity contribution >= 4 is 40.5 Å². The van der Waals surface area contributed by atoms with Gasteiger partial charge in [-0.15, -0.1) is 0 Å². The van der Waals surface area contributed by atoms with Crippen LogP contribution < -0.4 is 4.72 Å². The van der Waals surface area contributed by atoms with Crippen molar-refractivity contribution in [3.05, 3.63) is 24.3 Å². The fourth-order valence-electron chi connectivity index (χ4n) is 2.17. The minimum Gasteiger partial charge on any atom is -0.452 e. The van der Waals surface area contributed by atoms with E-state index in [9.17, 15) is 9.59 Å². The van der Waals surface area contributed by atoms with Gasteiger partial charge in [-0.2, -0.15) is 4.90 Å². The Morgan fingerprint density at radius 2 is 2.04 bits per heavy atom. The highest BCUT2D eigenvalue weighted by Gasteiger charge is 2.30. The maximum atomic E-state index is 12.4. The van der Waals surface area contributed by atoms with E-state index >= 15 is 0 Å². The fraction of sp³-hybridized carbons (Fsp3) is 0.438.